The fourth-order valence-electron chi connectivity index (χ4n) is 1.85. The van der Waals surface area contributed by atoms with Crippen LogP contribution in [0.1, 0.15) is 20.8 Å². The van der Waals surface area contributed by atoms with Crippen LogP contribution in [0.3, 0.4) is 0 Å². The van der Waals surface area contributed by atoms with E-state index in [1.165, 1.54) is 12.3 Å². The molecule has 0 saturated carbocycles. The van der Waals surface area contributed by atoms with Gasteiger partial charge in [0.25, 0.3) is 0 Å². The summed E-state index contributed by atoms with van der Waals surface area (Å²) in [5, 5.41) is 2.56. The monoisotopic (exact) mass is 322 g/mol. The van der Waals surface area contributed by atoms with Gasteiger partial charge in [-0.25, -0.2) is 23.4 Å². The highest BCUT2D eigenvalue weighted by Crippen LogP contribution is 2.27. The number of carbonyl (C=O) groups excluding carboxylic acids is 2. The molecule has 0 atom stereocenters. The first kappa shape index (κ1) is 16.3. The molecule has 1 N–H and O–H groups in total. The van der Waals surface area contributed by atoms with E-state index in [9.17, 15) is 18.4 Å². The van der Waals surface area contributed by atoms with Crippen LogP contribution in [0.5, 0.6) is 0 Å². The van der Waals surface area contributed by atoms with Crippen molar-refractivity contribution < 1.29 is 27.8 Å². The van der Waals surface area contributed by atoms with Crippen molar-refractivity contribution in [2.45, 2.75) is 0 Å². The quantitative estimate of drug-likeness (QED) is 0.872. The first-order valence-electron chi connectivity index (χ1n) is 6.35. The number of pyridine rings is 1. The maximum absolute atomic E-state index is 13.8. The zero-order valence-electron chi connectivity index (χ0n) is 12.2. The number of esters is 2. The fourth-order valence-corrected chi connectivity index (χ4v) is 1.85. The number of ether oxygens (including phenoxy) is 2. The Labute approximate surface area is 130 Å². The van der Waals surface area contributed by atoms with Gasteiger partial charge >= 0.3 is 11.9 Å². The Hall–Kier alpha value is -3.03. The van der Waals surface area contributed by atoms with Crippen LogP contribution in [0.4, 0.5) is 20.2 Å². The molecule has 1 heterocycles. The topological polar surface area (TPSA) is 77.5 Å². The molecule has 0 amide bonds. The van der Waals surface area contributed by atoms with Gasteiger partial charge < -0.3 is 14.8 Å². The summed E-state index contributed by atoms with van der Waals surface area (Å²) in [5.74, 6) is -3.26. The highest BCUT2D eigenvalue weighted by atomic mass is 19.1. The summed E-state index contributed by atoms with van der Waals surface area (Å²) in [5.41, 5.74) is -0.530. The van der Waals surface area contributed by atoms with E-state index < -0.39 is 23.6 Å². The Balaban J connectivity index is 2.57. The summed E-state index contributed by atoms with van der Waals surface area (Å²) in [6.07, 6.45) is 1.21. The van der Waals surface area contributed by atoms with Gasteiger partial charge in [-0.15, -0.1) is 0 Å². The Kier molecular flexibility index (Phi) is 4.85. The number of nitrogens with zero attached hydrogens (tertiary/aromatic N) is 1. The van der Waals surface area contributed by atoms with Crippen molar-refractivity contribution in [1.82, 2.24) is 4.98 Å². The van der Waals surface area contributed by atoms with Gasteiger partial charge in [0.05, 0.1) is 31.2 Å². The number of halogens is 2. The molecule has 6 nitrogen and oxygen atoms in total. The minimum Gasteiger partial charge on any atom is -0.465 e. The largest absolute Gasteiger partial charge is 0.465 e. The van der Waals surface area contributed by atoms with Crippen molar-refractivity contribution in [2.75, 3.05) is 19.5 Å². The molecule has 120 valence electrons. The summed E-state index contributed by atoms with van der Waals surface area (Å²) in [6, 6.07) is 4.10. The summed E-state index contributed by atoms with van der Waals surface area (Å²) >= 11 is 0. The number of nitrogens with one attached hydrogen (secondary N) is 1. The van der Waals surface area contributed by atoms with Crippen LogP contribution in [0, 0.1) is 11.6 Å². The molecule has 0 unspecified atom stereocenters. The lowest BCUT2D eigenvalue weighted by Crippen LogP contribution is -2.14. The minimum absolute atomic E-state index is 0.0494. The zero-order chi connectivity index (χ0) is 17.0. The molecule has 8 heteroatoms. The standard InChI is InChI=1S/C15H12F2N2O4/c1-22-14(20)9-5-6-18-13(15(21)23-2)12(9)19-11-4-3-8(16)7-10(11)17/h3-7,19H,1-2H3. The maximum atomic E-state index is 13.8. The van der Waals surface area contributed by atoms with E-state index >= 15 is 0 Å². The van der Waals surface area contributed by atoms with Crippen molar-refractivity contribution in [1.29, 1.82) is 0 Å². The predicted octanol–water partition coefficient (Wildman–Crippen LogP) is 2.68. The van der Waals surface area contributed by atoms with Gasteiger partial charge in [-0.3, -0.25) is 0 Å². The third kappa shape index (κ3) is 3.42. The number of anilines is 2. The van der Waals surface area contributed by atoms with E-state index in [0.29, 0.717) is 6.07 Å². The number of methoxy groups -OCH3 is 2. The van der Waals surface area contributed by atoms with E-state index in [0.717, 1.165) is 26.4 Å². The van der Waals surface area contributed by atoms with Crippen LogP contribution < -0.4 is 5.32 Å². The lowest BCUT2D eigenvalue weighted by Gasteiger charge is -2.14. The number of hydrogen-bond acceptors (Lipinski definition) is 6. The van der Waals surface area contributed by atoms with Gasteiger partial charge in [0.1, 0.15) is 11.6 Å². The van der Waals surface area contributed by atoms with Crippen molar-refractivity contribution in [2.24, 2.45) is 0 Å². The second-order valence-electron chi connectivity index (χ2n) is 4.31. The van der Waals surface area contributed by atoms with Crippen molar-refractivity contribution in [3.8, 4) is 0 Å². The average molecular weight is 322 g/mol. The fraction of sp³-hybridized carbons (Fsp3) is 0.133. The van der Waals surface area contributed by atoms with Crippen molar-refractivity contribution in [3.05, 3.63) is 53.4 Å². The van der Waals surface area contributed by atoms with Crippen LogP contribution >= 0.6 is 0 Å². The van der Waals surface area contributed by atoms with Crippen LogP contribution in [0.25, 0.3) is 0 Å². The highest BCUT2D eigenvalue weighted by molar-refractivity contribution is 6.03. The van der Waals surface area contributed by atoms with Crippen molar-refractivity contribution >= 4 is 23.3 Å². The van der Waals surface area contributed by atoms with Crippen LogP contribution in [0.15, 0.2) is 30.5 Å². The Morgan fingerprint density at radius 3 is 2.39 bits per heavy atom. The number of benzene rings is 1. The molecule has 0 aliphatic rings. The van der Waals surface area contributed by atoms with Crippen LogP contribution in [-0.2, 0) is 9.47 Å². The van der Waals surface area contributed by atoms with Gasteiger partial charge in [0.2, 0.25) is 0 Å². The van der Waals surface area contributed by atoms with E-state index in [1.807, 2.05) is 0 Å². The zero-order valence-corrected chi connectivity index (χ0v) is 12.2. The van der Waals surface area contributed by atoms with Gasteiger partial charge in [-0.1, -0.05) is 0 Å². The second kappa shape index (κ2) is 6.82. The van der Waals surface area contributed by atoms with E-state index in [1.54, 1.807) is 0 Å². The number of carbonyl (C=O) groups is 2. The summed E-state index contributed by atoms with van der Waals surface area (Å²) < 4.78 is 36.0. The van der Waals surface area contributed by atoms with E-state index in [2.05, 4.69) is 19.8 Å². The Bertz CT molecular complexity index is 731. The molecule has 23 heavy (non-hydrogen) atoms. The molecular formula is C15H12F2N2O4. The predicted molar refractivity (Wildman–Crippen MR) is 76.6 cm³/mol. The number of rotatable bonds is 4. The molecule has 2 rings (SSSR count). The van der Waals surface area contributed by atoms with Gasteiger partial charge in [0, 0.05) is 12.3 Å². The van der Waals surface area contributed by atoms with E-state index in [4.69, 9.17) is 0 Å². The average Bonchev–Trinajstić information content (AvgIpc) is 2.56. The summed E-state index contributed by atoms with van der Waals surface area (Å²) in [4.78, 5) is 27.5. The molecule has 1 aromatic carbocycles. The number of aromatic nitrogens is 1. The lowest BCUT2D eigenvalue weighted by atomic mass is 10.1. The molecule has 0 aliphatic heterocycles. The molecule has 0 aliphatic carbocycles. The third-order valence-corrected chi connectivity index (χ3v) is 2.93. The molecular weight excluding hydrogens is 310 g/mol. The maximum Gasteiger partial charge on any atom is 0.358 e. The Morgan fingerprint density at radius 1 is 1.09 bits per heavy atom. The van der Waals surface area contributed by atoms with Crippen LogP contribution in [0.2, 0.25) is 0 Å². The first-order chi connectivity index (χ1) is 11.0. The highest BCUT2D eigenvalue weighted by Gasteiger charge is 2.22. The third-order valence-electron chi connectivity index (χ3n) is 2.93. The first-order valence-corrected chi connectivity index (χ1v) is 6.35. The van der Waals surface area contributed by atoms with Gasteiger partial charge in [-0.2, -0.15) is 0 Å². The molecule has 0 saturated heterocycles. The SMILES string of the molecule is COC(=O)c1ccnc(C(=O)OC)c1Nc1ccc(F)cc1F. The molecule has 0 fully saturated rings. The lowest BCUT2D eigenvalue weighted by molar-refractivity contribution is 0.0595. The molecule has 1 aromatic heterocycles. The minimum atomic E-state index is -0.902. The molecule has 2 aromatic rings. The summed E-state index contributed by atoms with van der Waals surface area (Å²) in [6.45, 7) is 0. The molecule has 0 spiro atoms. The second-order valence-corrected chi connectivity index (χ2v) is 4.31. The Morgan fingerprint density at radius 2 is 1.78 bits per heavy atom. The molecule has 0 bridgehead atoms. The van der Waals surface area contributed by atoms with Gasteiger partial charge in [-0.05, 0) is 18.2 Å². The van der Waals surface area contributed by atoms with E-state index in [-0.39, 0.29) is 22.6 Å². The van der Waals surface area contributed by atoms with Gasteiger partial charge in [0.15, 0.2) is 5.69 Å². The van der Waals surface area contributed by atoms with Crippen molar-refractivity contribution in [3.63, 3.8) is 0 Å². The number of hydrogen-bond donors (Lipinski definition) is 1. The van der Waals surface area contributed by atoms with Crippen LogP contribution in [-0.4, -0.2) is 31.1 Å². The smallest absolute Gasteiger partial charge is 0.358 e. The summed E-state index contributed by atoms with van der Waals surface area (Å²) in [7, 11) is 2.29. The normalized spacial score (nSPS) is 10.1. The molecule has 0 radical (unpaired) electrons.